The van der Waals surface area contributed by atoms with Gasteiger partial charge in [-0.1, -0.05) is 18.2 Å². The zero-order valence-corrected chi connectivity index (χ0v) is 10.9. The average molecular weight is 264 g/mol. The number of benzene rings is 1. The Morgan fingerprint density at radius 2 is 2.22 bits per heavy atom. The van der Waals surface area contributed by atoms with Gasteiger partial charge in [0, 0.05) is 36.7 Å². The van der Waals surface area contributed by atoms with Gasteiger partial charge in [-0.05, 0) is 11.6 Å². The SMILES string of the molecule is O=C(CC1CC(=O)Nc2ccccc21)NCCS. The fraction of sp³-hybridized carbons (Fsp3) is 0.385. The van der Waals surface area contributed by atoms with Crippen LogP contribution in [0.2, 0.25) is 0 Å². The number of hydrogen-bond donors (Lipinski definition) is 3. The number of amides is 2. The number of carbonyl (C=O) groups is 2. The van der Waals surface area contributed by atoms with Crippen LogP contribution in [0.15, 0.2) is 24.3 Å². The number of hydrogen-bond acceptors (Lipinski definition) is 3. The average Bonchev–Trinajstić information content (AvgIpc) is 2.36. The molecule has 18 heavy (non-hydrogen) atoms. The van der Waals surface area contributed by atoms with Crippen LogP contribution < -0.4 is 10.6 Å². The number of anilines is 1. The second kappa shape index (κ2) is 5.91. The largest absolute Gasteiger partial charge is 0.355 e. The maximum absolute atomic E-state index is 11.7. The number of rotatable bonds is 4. The van der Waals surface area contributed by atoms with Gasteiger partial charge in [0.1, 0.15) is 0 Å². The van der Waals surface area contributed by atoms with E-state index >= 15 is 0 Å². The maximum Gasteiger partial charge on any atom is 0.225 e. The molecule has 0 spiro atoms. The van der Waals surface area contributed by atoms with E-state index in [2.05, 4.69) is 23.3 Å². The first-order chi connectivity index (χ1) is 8.70. The van der Waals surface area contributed by atoms with E-state index in [1.165, 1.54) is 0 Å². The summed E-state index contributed by atoms with van der Waals surface area (Å²) in [6, 6.07) is 7.63. The molecule has 1 heterocycles. The molecule has 1 atom stereocenters. The molecular formula is C13H16N2O2S. The van der Waals surface area contributed by atoms with Crippen LogP contribution in [0.3, 0.4) is 0 Å². The molecule has 0 fully saturated rings. The van der Waals surface area contributed by atoms with Crippen molar-refractivity contribution in [3.05, 3.63) is 29.8 Å². The van der Waals surface area contributed by atoms with Gasteiger partial charge in [0.15, 0.2) is 0 Å². The molecule has 0 saturated carbocycles. The third-order valence-electron chi connectivity index (χ3n) is 2.97. The Hall–Kier alpha value is -1.49. The van der Waals surface area contributed by atoms with E-state index in [-0.39, 0.29) is 17.7 Å². The molecule has 2 N–H and O–H groups in total. The third-order valence-corrected chi connectivity index (χ3v) is 3.20. The summed E-state index contributed by atoms with van der Waals surface area (Å²) in [6.07, 6.45) is 0.712. The Kier molecular flexibility index (Phi) is 4.25. The summed E-state index contributed by atoms with van der Waals surface area (Å²) in [4.78, 5) is 23.3. The fourth-order valence-corrected chi connectivity index (χ4v) is 2.29. The molecule has 0 radical (unpaired) electrons. The van der Waals surface area contributed by atoms with E-state index in [0.29, 0.717) is 25.1 Å². The van der Waals surface area contributed by atoms with Crippen LogP contribution >= 0.6 is 12.6 Å². The number of carbonyl (C=O) groups excluding carboxylic acids is 2. The van der Waals surface area contributed by atoms with Gasteiger partial charge in [-0.25, -0.2) is 0 Å². The molecular weight excluding hydrogens is 248 g/mol. The molecule has 96 valence electrons. The Morgan fingerprint density at radius 3 is 3.00 bits per heavy atom. The van der Waals surface area contributed by atoms with Crippen molar-refractivity contribution >= 4 is 30.1 Å². The molecule has 2 rings (SSSR count). The highest BCUT2D eigenvalue weighted by molar-refractivity contribution is 7.80. The molecule has 5 heteroatoms. The summed E-state index contributed by atoms with van der Waals surface area (Å²) in [7, 11) is 0. The summed E-state index contributed by atoms with van der Waals surface area (Å²) in [5.41, 5.74) is 1.86. The van der Waals surface area contributed by atoms with Crippen molar-refractivity contribution in [2.45, 2.75) is 18.8 Å². The number of nitrogens with one attached hydrogen (secondary N) is 2. The minimum atomic E-state index is -0.0325. The van der Waals surface area contributed by atoms with E-state index in [9.17, 15) is 9.59 Å². The zero-order valence-electron chi connectivity index (χ0n) is 9.98. The predicted molar refractivity (Wildman–Crippen MR) is 73.9 cm³/mol. The van der Waals surface area contributed by atoms with Crippen LogP contribution in [0.1, 0.15) is 24.3 Å². The van der Waals surface area contributed by atoms with E-state index in [0.717, 1.165) is 11.3 Å². The molecule has 2 amide bonds. The molecule has 0 aliphatic carbocycles. The normalized spacial score (nSPS) is 17.8. The Balaban J connectivity index is 2.09. The molecule has 1 unspecified atom stereocenters. The first-order valence-electron chi connectivity index (χ1n) is 5.97. The molecule has 1 aliphatic rings. The maximum atomic E-state index is 11.7. The van der Waals surface area contributed by atoms with Gasteiger partial charge < -0.3 is 10.6 Å². The third kappa shape index (κ3) is 3.04. The zero-order chi connectivity index (χ0) is 13.0. The van der Waals surface area contributed by atoms with E-state index < -0.39 is 0 Å². The topological polar surface area (TPSA) is 58.2 Å². The summed E-state index contributed by atoms with van der Waals surface area (Å²) >= 11 is 4.04. The second-order valence-corrected chi connectivity index (χ2v) is 4.76. The lowest BCUT2D eigenvalue weighted by Crippen LogP contribution is -2.30. The van der Waals surface area contributed by atoms with Gasteiger partial charge in [-0.15, -0.1) is 0 Å². The molecule has 0 aromatic heterocycles. The van der Waals surface area contributed by atoms with Gasteiger partial charge in [0.2, 0.25) is 11.8 Å². The predicted octanol–water partition coefficient (Wildman–Crippen LogP) is 1.55. The molecule has 0 bridgehead atoms. The van der Waals surface area contributed by atoms with Gasteiger partial charge in [0.05, 0.1) is 0 Å². The highest BCUT2D eigenvalue weighted by Gasteiger charge is 2.26. The van der Waals surface area contributed by atoms with E-state index in [4.69, 9.17) is 0 Å². The van der Waals surface area contributed by atoms with Crippen LogP contribution in [0.5, 0.6) is 0 Å². The van der Waals surface area contributed by atoms with Crippen LogP contribution in [0.4, 0.5) is 5.69 Å². The summed E-state index contributed by atoms with van der Waals surface area (Å²) < 4.78 is 0. The second-order valence-electron chi connectivity index (χ2n) is 4.31. The van der Waals surface area contributed by atoms with E-state index in [1.807, 2.05) is 24.3 Å². The number of thiol groups is 1. The smallest absolute Gasteiger partial charge is 0.225 e. The van der Waals surface area contributed by atoms with Crippen LogP contribution in [0, 0.1) is 0 Å². The molecule has 1 aliphatic heterocycles. The van der Waals surface area contributed by atoms with Crippen molar-refractivity contribution in [1.82, 2.24) is 5.32 Å². The Labute approximate surface area is 112 Å². The summed E-state index contributed by atoms with van der Waals surface area (Å²) in [6.45, 7) is 0.558. The summed E-state index contributed by atoms with van der Waals surface area (Å²) in [5.74, 6) is 0.530. The Bertz CT molecular complexity index is 462. The Morgan fingerprint density at radius 1 is 1.44 bits per heavy atom. The van der Waals surface area contributed by atoms with Crippen molar-refractivity contribution in [3.8, 4) is 0 Å². The van der Waals surface area contributed by atoms with Gasteiger partial charge in [0.25, 0.3) is 0 Å². The molecule has 1 aromatic carbocycles. The lowest BCUT2D eigenvalue weighted by molar-refractivity contribution is -0.121. The van der Waals surface area contributed by atoms with Gasteiger partial charge >= 0.3 is 0 Å². The van der Waals surface area contributed by atoms with E-state index in [1.54, 1.807) is 0 Å². The van der Waals surface area contributed by atoms with Crippen molar-refractivity contribution in [2.24, 2.45) is 0 Å². The minimum absolute atomic E-state index is 0.0271. The van der Waals surface area contributed by atoms with Crippen molar-refractivity contribution in [1.29, 1.82) is 0 Å². The van der Waals surface area contributed by atoms with Crippen LogP contribution in [0.25, 0.3) is 0 Å². The lowest BCUT2D eigenvalue weighted by Gasteiger charge is -2.25. The number of para-hydroxylation sites is 1. The van der Waals surface area contributed by atoms with Gasteiger partial charge in [-0.2, -0.15) is 12.6 Å². The monoisotopic (exact) mass is 264 g/mol. The van der Waals surface area contributed by atoms with Crippen molar-refractivity contribution < 1.29 is 9.59 Å². The van der Waals surface area contributed by atoms with Crippen molar-refractivity contribution in [2.75, 3.05) is 17.6 Å². The number of fused-ring (bicyclic) bond motifs is 1. The highest BCUT2D eigenvalue weighted by Crippen LogP contribution is 2.33. The first kappa shape index (κ1) is 13.0. The van der Waals surface area contributed by atoms with Gasteiger partial charge in [-0.3, -0.25) is 9.59 Å². The highest BCUT2D eigenvalue weighted by atomic mass is 32.1. The summed E-state index contributed by atoms with van der Waals surface area (Å²) in [5, 5.41) is 5.60. The lowest BCUT2D eigenvalue weighted by atomic mass is 9.88. The molecule has 1 aromatic rings. The van der Waals surface area contributed by atoms with Crippen LogP contribution in [-0.4, -0.2) is 24.1 Å². The quantitative estimate of drug-likeness (QED) is 0.723. The van der Waals surface area contributed by atoms with Crippen LogP contribution in [-0.2, 0) is 9.59 Å². The minimum Gasteiger partial charge on any atom is -0.355 e. The van der Waals surface area contributed by atoms with Crippen molar-refractivity contribution in [3.63, 3.8) is 0 Å². The standard InChI is InChI=1S/C13H16N2O2S/c16-12(14-5-6-18)7-9-8-13(17)15-11-4-2-1-3-10(9)11/h1-4,9,18H,5-8H2,(H,14,16)(H,15,17). The fourth-order valence-electron chi connectivity index (χ4n) is 2.18. The molecule has 4 nitrogen and oxygen atoms in total. The first-order valence-corrected chi connectivity index (χ1v) is 6.60. The molecule has 0 saturated heterocycles.